The van der Waals surface area contributed by atoms with Crippen LogP contribution in [0.4, 0.5) is 17.6 Å². The Labute approximate surface area is 183 Å². The van der Waals surface area contributed by atoms with E-state index in [1.54, 1.807) is 32.1 Å². The predicted molar refractivity (Wildman–Crippen MR) is 121 cm³/mol. The minimum absolute atomic E-state index is 0.0478. The van der Waals surface area contributed by atoms with Gasteiger partial charge in [0, 0.05) is 35.5 Å². The molecule has 0 N–H and O–H groups in total. The zero-order chi connectivity index (χ0) is 23.6. The number of allylic oxidation sites excluding steroid dienone is 3. The number of nitrogens with zero attached hydrogens (tertiary/aromatic N) is 1. The molecule has 0 heterocycles. The molecule has 0 radical (unpaired) electrons. The molecule has 0 saturated heterocycles. The van der Waals surface area contributed by atoms with E-state index < -0.39 is 11.7 Å². The number of alkyl halides is 3. The highest BCUT2D eigenvalue weighted by Gasteiger charge is 2.38. The van der Waals surface area contributed by atoms with Crippen LogP contribution in [0.1, 0.15) is 51.7 Å². The maximum Gasteiger partial charge on any atom is 0.413 e. The summed E-state index contributed by atoms with van der Waals surface area (Å²) in [6.07, 6.45) is 0.545. The fourth-order valence-electron chi connectivity index (χ4n) is 4.53. The summed E-state index contributed by atoms with van der Waals surface area (Å²) in [5, 5.41) is 0. The van der Waals surface area contributed by atoms with Crippen LogP contribution in [0.15, 0.2) is 60.4 Å². The van der Waals surface area contributed by atoms with Gasteiger partial charge in [-0.1, -0.05) is 51.3 Å². The van der Waals surface area contributed by atoms with Crippen molar-refractivity contribution in [2.75, 3.05) is 13.1 Å². The maximum absolute atomic E-state index is 14.5. The van der Waals surface area contributed by atoms with Crippen molar-refractivity contribution >= 4 is 5.57 Å². The Hall–Kier alpha value is -2.30. The fourth-order valence-corrected chi connectivity index (χ4v) is 4.53. The zero-order valence-corrected chi connectivity index (χ0v) is 19.2. The van der Waals surface area contributed by atoms with Gasteiger partial charge < -0.3 is 4.90 Å². The predicted octanol–water partition coefficient (Wildman–Crippen LogP) is 7.85. The lowest BCUT2D eigenvalue weighted by atomic mass is 9.64. The first-order valence-electron chi connectivity index (χ1n) is 10.5. The van der Waals surface area contributed by atoms with Gasteiger partial charge in [0.1, 0.15) is 5.82 Å². The van der Waals surface area contributed by atoms with Gasteiger partial charge in [-0.25, -0.2) is 4.39 Å². The normalized spacial score (nSPS) is 17.3. The Bertz CT molecular complexity index is 874. The first-order valence-corrected chi connectivity index (χ1v) is 10.5. The van der Waals surface area contributed by atoms with Gasteiger partial charge in [-0.15, -0.1) is 0 Å². The van der Waals surface area contributed by atoms with Crippen LogP contribution in [0.5, 0.6) is 0 Å². The van der Waals surface area contributed by atoms with Crippen molar-refractivity contribution in [1.82, 2.24) is 4.90 Å². The third-order valence-electron chi connectivity index (χ3n) is 5.97. The van der Waals surface area contributed by atoms with Gasteiger partial charge in [-0.2, -0.15) is 13.2 Å². The Morgan fingerprint density at radius 1 is 1.23 bits per heavy atom. The Balaban J connectivity index is 2.40. The molecule has 0 aliphatic heterocycles. The summed E-state index contributed by atoms with van der Waals surface area (Å²) >= 11 is 0. The second-order valence-corrected chi connectivity index (χ2v) is 9.34. The molecular weight excluding hydrogens is 402 g/mol. The van der Waals surface area contributed by atoms with E-state index in [4.69, 9.17) is 0 Å². The molecule has 170 valence electrons. The van der Waals surface area contributed by atoms with Crippen molar-refractivity contribution in [3.63, 3.8) is 0 Å². The van der Waals surface area contributed by atoms with Crippen LogP contribution >= 0.6 is 0 Å². The van der Waals surface area contributed by atoms with Crippen LogP contribution in [-0.2, 0) is 0 Å². The van der Waals surface area contributed by atoms with Crippen LogP contribution in [0.25, 0.3) is 5.57 Å². The van der Waals surface area contributed by atoms with Gasteiger partial charge in [-0.3, -0.25) is 0 Å². The number of aryl methyl sites for hydroxylation is 1. The molecule has 1 saturated carbocycles. The van der Waals surface area contributed by atoms with E-state index in [0.717, 1.165) is 25.3 Å². The van der Waals surface area contributed by atoms with E-state index in [9.17, 15) is 17.6 Å². The van der Waals surface area contributed by atoms with Crippen molar-refractivity contribution < 1.29 is 17.6 Å². The highest BCUT2D eigenvalue weighted by atomic mass is 19.4. The van der Waals surface area contributed by atoms with Crippen molar-refractivity contribution in [2.24, 2.45) is 11.3 Å². The average molecular weight is 436 g/mol. The lowest BCUT2D eigenvalue weighted by Crippen LogP contribution is -2.40. The standard InChI is InChI=1S/C26H33F4N/c1-8-10-22(19(4)26(28,29)30)20(5)31(16-21-13-25(6,7)14-21)15-18(3)24-17(2)11-9-12-23(24)27/h8-12,21H,3,5,13-16H2,1-2,4,6-7H3/b10-8-,22-19-. The molecule has 0 atom stereocenters. The molecule has 1 aliphatic rings. The van der Waals surface area contributed by atoms with Gasteiger partial charge in [0.25, 0.3) is 0 Å². The largest absolute Gasteiger partial charge is 0.413 e. The van der Waals surface area contributed by atoms with Crippen LogP contribution in [0.2, 0.25) is 0 Å². The lowest BCUT2D eigenvalue weighted by Gasteiger charge is -2.45. The third kappa shape index (κ3) is 6.11. The number of rotatable bonds is 8. The minimum Gasteiger partial charge on any atom is -0.367 e. The zero-order valence-electron chi connectivity index (χ0n) is 19.2. The SMILES string of the molecule is C=C(CN(CC1CC(C)(C)C1)C(=C)C(/C=C\C)=C(/C)C(F)(F)F)c1c(C)cccc1F. The van der Waals surface area contributed by atoms with Crippen LogP contribution in [-0.4, -0.2) is 24.2 Å². The summed E-state index contributed by atoms with van der Waals surface area (Å²) in [6, 6.07) is 4.81. The molecule has 0 amide bonds. The second kappa shape index (κ2) is 9.46. The summed E-state index contributed by atoms with van der Waals surface area (Å²) in [4.78, 5) is 1.83. The molecule has 0 aromatic heterocycles. The molecule has 0 bridgehead atoms. The molecule has 0 unspecified atom stereocenters. The Morgan fingerprint density at radius 3 is 2.32 bits per heavy atom. The van der Waals surface area contributed by atoms with E-state index in [2.05, 4.69) is 27.0 Å². The fraction of sp³-hybridized carbons (Fsp3) is 0.462. The number of halogens is 4. The molecule has 1 nitrogen and oxygen atoms in total. The van der Waals surface area contributed by atoms with Gasteiger partial charge in [0.2, 0.25) is 0 Å². The van der Waals surface area contributed by atoms with Gasteiger partial charge in [0.05, 0.1) is 0 Å². The molecule has 1 aliphatic carbocycles. The number of hydrogen-bond donors (Lipinski definition) is 0. The highest BCUT2D eigenvalue weighted by molar-refractivity contribution is 5.68. The number of hydrogen-bond acceptors (Lipinski definition) is 1. The van der Waals surface area contributed by atoms with Crippen molar-refractivity contribution in [3.05, 3.63) is 77.3 Å². The molecule has 1 aromatic rings. The van der Waals surface area contributed by atoms with Gasteiger partial charge in [-0.05, 0) is 62.1 Å². The highest BCUT2D eigenvalue weighted by Crippen LogP contribution is 2.45. The monoisotopic (exact) mass is 435 g/mol. The minimum atomic E-state index is -4.46. The summed E-state index contributed by atoms with van der Waals surface area (Å²) in [7, 11) is 0. The first-order chi connectivity index (χ1) is 14.3. The molecular formula is C26H33F4N. The second-order valence-electron chi connectivity index (χ2n) is 9.34. The van der Waals surface area contributed by atoms with Crippen molar-refractivity contribution in [2.45, 2.75) is 53.6 Å². The summed E-state index contributed by atoms with van der Waals surface area (Å²) in [5.41, 5.74) is 1.57. The molecule has 1 aromatic carbocycles. The van der Waals surface area contributed by atoms with Crippen LogP contribution < -0.4 is 0 Å². The van der Waals surface area contributed by atoms with Crippen molar-refractivity contribution in [1.29, 1.82) is 0 Å². The Morgan fingerprint density at radius 2 is 1.84 bits per heavy atom. The average Bonchev–Trinajstić information content (AvgIpc) is 2.62. The van der Waals surface area contributed by atoms with Crippen LogP contribution in [0, 0.1) is 24.1 Å². The summed E-state index contributed by atoms with van der Waals surface area (Å²) in [5.74, 6) is -0.0321. The Kier molecular flexibility index (Phi) is 7.61. The molecule has 1 fully saturated rings. The van der Waals surface area contributed by atoms with E-state index in [1.165, 1.54) is 12.1 Å². The first kappa shape index (κ1) is 25.0. The lowest BCUT2D eigenvalue weighted by molar-refractivity contribution is -0.0919. The molecule has 31 heavy (non-hydrogen) atoms. The maximum atomic E-state index is 14.5. The van der Waals surface area contributed by atoms with Gasteiger partial charge in [0.15, 0.2) is 0 Å². The van der Waals surface area contributed by atoms with E-state index in [1.807, 2.05) is 4.90 Å². The molecule has 0 spiro atoms. The van der Waals surface area contributed by atoms with E-state index in [-0.39, 0.29) is 29.0 Å². The molecule has 2 rings (SSSR count). The summed E-state index contributed by atoms with van der Waals surface area (Å²) in [6.45, 7) is 17.8. The summed E-state index contributed by atoms with van der Waals surface area (Å²) < 4.78 is 55.0. The molecule has 5 heteroatoms. The quantitative estimate of drug-likeness (QED) is 0.297. The van der Waals surface area contributed by atoms with E-state index >= 15 is 0 Å². The van der Waals surface area contributed by atoms with Gasteiger partial charge >= 0.3 is 6.18 Å². The number of benzene rings is 1. The van der Waals surface area contributed by atoms with Crippen LogP contribution in [0.3, 0.4) is 0 Å². The third-order valence-corrected chi connectivity index (χ3v) is 5.97. The topological polar surface area (TPSA) is 3.24 Å². The smallest absolute Gasteiger partial charge is 0.367 e. The van der Waals surface area contributed by atoms with Crippen molar-refractivity contribution in [3.8, 4) is 0 Å². The van der Waals surface area contributed by atoms with E-state index in [0.29, 0.717) is 23.6 Å².